The van der Waals surface area contributed by atoms with Crippen LogP contribution in [0.3, 0.4) is 0 Å². The Balaban J connectivity index is 1.89. The van der Waals surface area contributed by atoms with E-state index in [1.807, 2.05) is 0 Å². The molecule has 120 valence electrons. The number of aromatic carboxylic acids is 1. The van der Waals surface area contributed by atoms with Crippen LogP contribution in [0.4, 0.5) is 0 Å². The summed E-state index contributed by atoms with van der Waals surface area (Å²) in [4.78, 5) is 11.1. The van der Waals surface area contributed by atoms with E-state index in [1.165, 1.54) is 24.3 Å². The van der Waals surface area contributed by atoms with Crippen LogP contribution >= 0.6 is 0 Å². The fourth-order valence-corrected chi connectivity index (χ4v) is 5.73. The Bertz CT molecular complexity index is 693. The van der Waals surface area contributed by atoms with Crippen molar-refractivity contribution in [1.29, 1.82) is 0 Å². The molecule has 3 rings (SSSR count). The summed E-state index contributed by atoms with van der Waals surface area (Å²) in [6.45, 7) is 4.98. The average molecular weight is 323 g/mol. The molecule has 0 spiro atoms. The fourth-order valence-electron chi connectivity index (χ4n) is 4.02. The molecule has 2 bridgehead atoms. The third kappa shape index (κ3) is 2.65. The molecule has 0 aromatic heterocycles. The van der Waals surface area contributed by atoms with Crippen LogP contribution in [0.15, 0.2) is 29.2 Å². The van der Waals surface area contributed by atoms with Crippen molar-refractivity contribution >= 4 is 16.0 Å². The second-order valence-electron chi connectivity index (χ2n) is 7.23. The fraction of sp³-hybridized carbons (Fsp3) is 0.562. The molecule has 0 unspecified atom stereocenters. The predicted molar refractivity (Wildman–Crippen MR) is 82.2 cm³/mol. The molecule has 1 saturated carbocycles. The van der Waals surface area contributed by atoms with Gasteiger partial charge in [0.15, 0.2) is 0 Å². The number of fused-ring (bicyclic) bond motifs is 2. The van der Waals surface area contributed by atoms with Gasteiger partial charge in [-0.3, -0.25) is 0 Å². The minimum Gasteiger partial charge on any atom is -0.478 e. The Morgan fingerprint density at radius 3 is 2.45 bits per heavy atom. The Morgan fingerprint density at radius 1 is 1.23 bits per heavy atom. The first kappa shape index (κ1) is 15.5. The van der Waals surface area contributed by atoms with Gasteiger partial charge in [-0.1, -0.05) is 13.8 Å². The topological polar surface area (TPSA) is 74.7 Å². The summed E-state index contributed by atoms with van der Waals surface area (Å²) < 4.78 is 27.3. The predicted octanol–water partition coefficient (Wildman–Crippen LogP) is 2.58. The first-order valence-corrected chi connectivity index (χ1v) is 8.98. The van der Waals surface area contributed by atoms with Gasteiger partial charge >= 0.3 is 5.97 Å². The van der Waals surface area contributed by atoms with Crippen LogP contribution in [0.1, 0.15) is 43.5 Å². The SMILES string of the molecule is CC1(C)C[C@@H]2C[C@@H](C1)N(S(=O)(=O)c1ccc(C(=O)O)cc1)C2. The smallest absolute Gasteiger partial charge is 0.335 e. The number of carboxylic acid groups (broad SMARTS) is 1. The zero-order valence-electron chi connectivity index (χ0n) is 12.8. The molecule has 1 heterocycles. The van der Waals surface area contributed by atoms with Crippen molar-refractivity contribution in [2.24, 2.45) is 11.3 Å². The normalized spacial score (nSPS) is 27.7. The highest BCUT2D eigenvalue weighted by Gasteiger charge is 2.47. The number of sulfonamides is 1. The van der Waals surface area contributed by atoms with Crippen molar-refractivity contribution in [3.8, 4) is 0 Å². The molecule has 0 amide bonds. The third-order valence-corrected chi connectivity index (χ3v) is 6.72. The summed E-state index contributed by atoms with van der Waals surface area (Å²) in [6.07, 6.45) is 2.89. The average Bonchev–Trinajstić information content (AvgIpc) is 2.74. The third-order valence-electron chi connectivity index (χ3n) is 4.79. The molecule has 6 heteroatoms. The number of nitrogens with zero attached hydrogens (tertiary/aromatic N) is 1. The lowest BCUT2D eigenvalue weighted by molar-refractivity contribution is 0.0696. The molecule has 1 aliphatic carbocycles. The Kier molecular flexibility index (Phi) is 3.57. The molecule has 0 radical (unpaired) electrons. The second kappa shape index (κ2) is 5.06. The van der Waals surface area contributed by atoms with Crippen LogP contribution in [0.2, 0.25) is 0 Å². The number of rotatable bonds is 3. The maximum Gasteiger partial charge on any atom is 0.335 e. The van der Waals surface area contributed by atoms with Crippen LogP contribution in [0.5, 0.6) is 0 Å². The molecule has 1 aliphatic heterocycles. The maximum absolute atomic E-state index is 12.8. The summed E-state index contributed by atoms with van der Waals surface area (Å²) in [5.74, 6) is -0.621. The van der Waals surface area contributed by atoms with E-state index in [0.29, 0.717) is 12.5 Å². The number of carboxylic acids is 1. The van der Waals surface area contributed by atoms with Crippen molar-refractivity contribution < 1.29 is 18.3 Å². The molecule has 22 heavy (non-hydrogen) atoms. The van der Waals surface area contributed by atoms with Crippen LogP contribution in [-0.2, 0) is 10.0 Å². The van der Waals surface area contributed by atoms with Gasteiger partial charge in [-0.05, 0) is 54.9 Å². The van der Waals surface area contributed by atoms with Crippen molar-refractivity contribution in [3.05, 3.63) is 29.8 Å². The van der Waals surface area contributed by atoms with Crippen molar-refractivity contribution in [2.45, 2.75) is 44.0 Å². The van der Waals surface area contributed by atoms with Crippen LogP contribution in [0.25, 0.3) is 0 Å². The van der Waals surface area contributed by atoms with Crippen molar-refractivity contribution in [1.82, 2.24) is 4.31 Å². The second-order valence-corrected chi connectivity index (χ2v) is 9.12. The first-order valence-electron chi connectivity index (χ1n) is 7.54. The quantitative estimate of drug-likeness (QED) is 0.928. The molecule has 1 N–H and O–H groups in total. The highest BCUT2D eigenvalue weighted by atomic mass is 32.2. The lowest BCUT2D eigenvalue weighted by Crippen LogP contribution is -2.37. The van der Waals surface area contributed by atoms with Gasteiger partial charge in [0, 0.05) is 12.6 Å². The summed E-state index contributed by atoms with van der Waals surface area (Å²) in [5.41, 5.74) is 0.283. The van der Waals surface area contributed by atoms with Gasteiger partial charge < -0.3 is 5.11 Å². The summed E-state index contributed by atoms with van der Waals surface area (Å²) in [7, 11) is -3.55. The molecule has 1 saturated heterocycles. The minimum absolute atomic E-state index is 0.0675. The molecule has 5 nitrogen and oxygen atoms in total. The van der Waals surface area contributed by atoms with E-state index < -0.39 is 16.0 Å². The Hall–Kier alpha value is -1.40. The number of carbonyl (C=O) groups is 1. The lowest BCUT2D eigenvalue weighted by atomic mass is 9.72. The van der Waals surface area contributed by atoms with Gasteiger partial charge in [0.25, 0.3) is 0 Å². The molecular formula is C16H21NO4S. The van der Waals surface area contributed by atoms with E-state index in [2.05, 4.69) is 13.8 Å². The summed E-state index contributed by atoms with van der Waals surface area (Å²) in [6, 6.07) is 5.55. The zero-order valence-corrected chi connectivity index (χ0v) is 13.6. The molecule has 1 aromatic carbocycles. The van der Waals surface area contributed by atoms with Crippen LogP contribution in [0, 0.1) is 11.3 Å². The standard InChI is InChI=1S/C16H21NO4S/c1-16(2)8-11-7-13(9-16)17(10-11)22(20,21)14-5-3-12(4-6-14)15(18)19/h3-6,11,13H,7-10H2,1-2H3,(H,18,19)/t11-,13-/m0/s1. The van der Waals surface area contributed by atoms with Gasteiger partial charge in [0.2, 0.25) is 10.0 Å². The number of benzene rings is 1. The Labute approximate surface area is 131 Å². The monoisotopic (exact) mass is 323 g/mol. The number of hydrogen-bond donors (Lipinski definition) is 1. The van der Waals surface area contributed by atoms with Gasteiger partial charge in [0.1, 0.15) is 0 Å². The van der Waals surface area contributed by atoms with E-state index in [0.717, 1.165) is 19.3 Å². The van der Waals surface area contributed by atoms with Gasteiger partial charge in [-0.15, -0.1) is 0 Å². The zero-order chi connectivity index (χ0) is 16.1. The van der Waals surface area contributed by atoms with Gasteiger partial charge in [-0.25, -0.2) is 13.2 Å². The maximum atomic E-state index is 12.8. The number of hydrogen-bond acceptors (Lipinski definition) is 3. The van der Waals surface area contributed by atoms with E-state index >= 15 is 0 Å². The van der Waals surface area contributed by atoms with E-state index in [4.69, 9.17) is 5.11 Å². The molecule has 2 atom stereocenters. The first-order chi connectivity index (χ1) is 10.2. The van der Waals surface area contributed by atoms with E-state index in [1.54, 1.807) is 4.31 Å². The molecular weight excluding hydrogens is 302 g/mol. The van der Waals surface area contributed by atoms with Gasteiger partial charge in [0.05, 0.1) is 10.5 Å². The summed E-state index contributed by atoms with van der Waals surface area (Å²) in [5, 5.41) is 8.91. The minimum atomic E-state index is -3.55. The largest absolute Gasteiger partial charge is 0.478 e. The van der Waals surface area contributed by atoms with Crippen molar-refractivity contribution in [2.75, 3.05) is 6.54 Å². The van der Waals surface area contributed by atoms with E-state index in [9.17, 15) is 13.2 Å². The van der Waals surface area contributed by atoms with Crippen LogP contribution < -0.4 is 0 Å². The molecule has 2 aliphatic rings. The molecule has 2 fully saturated rings. The van der Waals surface area contributed by atoms with Gasteiger partial charge in [-0.2, -0.15) is 4.31 Å². The highest BCUT2D eigenvalue weighted by molar-refractivity contribution is 7.89. The van der Waals surface area contributed by atoms with E-state index in [-0.39, 0.29) is 21.9 Å². The summed E-state index contributed by atoms with van der Waals surface area (Å²) >= 11 is 0. The Morgan fingerprint density at radius 2 is 1.86 bits per heavy atom. The highest BCUT2D eigenvalue weighted by Crippen LogP contribution is 2.46. The molecule has 1 aromatic rings. The van der Waals surface area contributed by atoms with Crippen LogP contribution in [-0.4, -0.2) is 36.4 Å². The van der Waals surface area contributed by atoms with Crippen molar-refractivity contribution in [3.63, 3.8) is 0 Å². The lowest BCUT2D eigenvalue weighted by Gasteiger charge is -2.34.